The summed E-state index contributed by atoms with van der Waals surface area (Å²) in [5, 5.41) is 9.79. The standard InChI is InChI=1S/C44H26N4/c1-2-12-29(13-3-1)42-44(46-35-19-9-8-18-34(35)45-42)48-36-20-10-16-28-21-23-33-41-32-17-7-6-11-27(32)22-24-37(41)47(43(33)40(28)36)38-25-30-14-4-5-15-31(30)26-39(38)48/h1-26H. The van der Waals surface area contributed by atoms with Crippen molar-refractivity contribution in [2.24, 2.45) is 0 Å². The monoisotopic (exact) mass is 610 g/mol. The number of rotatable bonds is 2. The van der Waals surface area contributed by atoms with Gasteiger partial charge in [-0.1, -0.05) is 121 Å². The second kappa shape index (κ2) is 9.50. The van der Waals surface area contributed by atoms with Crippen LogP contribution in [-0.2, 0) is 0 Å². The van der Waals surface area contributed by atoms with Gasteiger partial charge in [0.15, 0.2) is 5.82 Å². The molecule has 0 fully saturated rings. The van der Waals surface area contributed by atoms with Crippen molar-refractivity contribution < 1.29 is 0 Å². The van der Waals surface area contributed by atoms with Crippen molar-refractivity contribution in [3.8, 4) is 17.1 Å². The Labute approximate surface area is 274 Å². The molecule has 0 aliphatic carbocycles. The minimum Gasteiger partial charge on any atom is -0.306 e. The summed E-state index contributed by atoms with van der Waals surface area (Å²) < 4.78 is 4.87. The van der Waals surface area contributed by atoms with E-state index in [1.165, 1.54) is 54.1 Å². The lowest BCUT2D eigenvalue weighted by Crippen LogP contribution is -2.05. The average Bonchev–Trinajstić information content (AvgIpc) is 3.43. The number of hydrogen-bond acceptors (Lipinski definition) is 2. The number of hydrogen-bond donors (Lipinski definition) is 0. The molecule has 222 valence electrons. The molecule has 0 atom stereocenters. The van der Waals surface area contributed by atoms with Crippen LogP contribution >= 0.6 is 0 Å². The average molecular weight is 611 g/mol. The van der Waals surface area contributed by atoms with Crippen molar-refractivity contribution in [1.29, 1.82) is 0 Å². The summed E-state index contributed by atoms with van der Waals surface area (Å²) in [4.78, 5) is 10.8. The van der Waals surface area contributed by atoms with Gasteiger partial charge in [0.2, 0.25) is 0 Å². The van der Waals surface area contributed by atoms with Crippen molar-refractivity contribution >= 4 is 81.7 Å². The van der Waals surface area contributed by atoms with Gasteiger partial charge in [0.1, 0.15) is 5.69 Å². The molecule has 0 saturated carbocycles. The van der Waals surface area contributed by atoms with E-state index in [9.17, 15) is 0 Å². The molecular formula is C44H26N4. The minimum absolute atomic E-state index is 0.807. The number of nitrogens with zero attached hydrogens (tertiary/aromatic N) is 4. The SMILES string of the molecule is c1ccc(-c2nc3ccccc3nc2-n2c3cccc4ccc5c6c7ccccc7ccc6n(c6cc7ccccc7cc62)c5c43)cc1. The third kappa shape index (κ3) is 3.43. The van der Waals surface area contributed by atoms with Crippen molar-refractivity contribution in [2.45, 2.75) is 0 Å². The van der Waals surface area contributed by atoms with E-state index < -0.39 is 0 Å². The van der Waals surface area contributed by atoms with Gasteiger partial charge in [-0.25, -0.2) is 9.97 Å². The van der Waals surface area contributed by atoms with E-state index in [1.54, 1.807) is 0 Å². The normalized spacial score (nSPS) is 12.2. The van der Waals surface area contributed by atoms with Crippen LogP contribution in [0.4, 0.5) is 0 Å². The fourth-order valence-electron chi connectivity index (χ4n) is 7.93. The van der Waals surface area contributed by atoms with Gasteiger partial charge in [0.05, 0.1) is 38.6 Å². The predicted octanol–water partition coefficient (Wildman–Crippen LogP) is 11.3. The summed E-state index contributed by atoms with van der Waals surface area (Å²) in [7, 11) is 0. The van der Waals surface area contributed by atoms with E-state index in [4.69, 9.17) is 9.97 Å². The van der Waals surface area contributed by atoms with Crippen molar-refractivity contribution in [3.63, 3.8) is 0 Å². The first-order chi connectivity index (χ1) is 23.8. The van der Waals surface area contributed by atoms with Crippen LogP contribution < -0.4 is 0 Å². The Morgan fingerprint density at radius 2 is 1.06 bits per heavy atom. The van der Waals surface area contributed by atoms with Crippen LogP contribution in [0.2, 0.25) is 0 Å². The first kappa shape index (κ1) is 25.6. The molecule has 4 heteroatoms. The molecule has 0 aliphatic heterocycles. The van der Waals surface area contributed by atoms with Gasteiger partial charge in [-0.3, -0.25) is 4.57 Å². The summed E-state index contributed by atoms with van der Waals surface area (Å²) in [5.41, 5.74) is 9.27. The highest BCUT2D eigenvalue weighted by Crippen LogP contribution is 2.43. The Kier molecular flexibility index (Phi) is 5.08. The first-order valence-corrected chi connectivity index (χ1v) is 16.3. The van der Waals surface area contributed by atoms with Gasteiger partial charge in [-0.05, 0) is 63.3 Å². The lowest BCUT2D eigenvalue weighted by Gasteiger charge is -2.16. The first-order valence-electron chi connectivity index (χ1n) is 16.3. The second-order valence-corrected chi connectivity index (χ2v) is 12.6. The lowest BCUT2D eigenvalue weighted by molar-refractivity contribution is 1.07. The van der Waals surface area contributed by atoms with Gasteiger partial charge >= 0.3 is 0 Å². The van der Waals surface area contributed by atoms with Gasteiger partial charge in [0, 0.05) is 21.7 Å². The topological polar surface area (TPSA) is 35.1 Å². The van der Waals surface area contributed by atoms with E-state index in [1.807, 2.05) is 18.2 Å². The molecular weight excluding hydrogens is 585 g/mol. The number of fused-ring (bicyclic) bond motifs is 9. The maximum atomic E-state index is 5.45. The van der Waals surface area contributed by atoms with E-state index in [0.29, 0.717) is 0 Å². The van der Waals surface area contributed by atoms with Crippen molar-refractivity contribution in [3.05, 3.63) is 158 Å². The molecule has 0 bridgehead atoms. The van der Waals surface area contributed by atoms with Crippen LogP contribution in [-0.4, -0.2) is 18.9 Å². The van der Waals surface area contributed by atoms with E-state index >= 15 is 0 Å². The molecule has 3 aromatic heterocycles. The van der Waals surface area contributed by atoms with Crippen LogP contribution in [0.15, 0.2) is 158 Å². The molecule has 0 saturated heterocycles. The molecule has 8 aromatic carbocycles. The van der Waals surface area contributed by atoms with Gasteiger partial charge < -0.3 is 4.40 Å². The maximum absolute atomic E-state index is 5.45. The summed E-state index contributed by atoms with van der Waals surface area (Å²) in [6.07, 6.45) is 0. The summed E-state index contributed by atoms with van der Waals surface area (Å²) in [6, 6.07) is 56.5. The minimum atomic E-state index is 0.807. The molecule has 4 nitrogen and oxygen atoms in total. The Morgan fingerprint density at radius 3 is 1.90 bits per heavy atom. The number of para-hydroxylation sites is 2. The van der Waals surface area contributed by atoms with Gasteiger partial charge in [-0.15, -0.1) is 0 Å². The zero-order valence-corrected chi connectivity index (χ0v) is 25.8. The lowest BCUT2D eigenvalue weighted by atomic mass is 10.0. The molecule has 0 radical (unpaired) electrons. The Bertz CT molecular complexity index is 3110. The molecule has 0 amide bonds. The highest BCUT2D eigenvalue weighted by molar-refractivity contribution is 6.29. The zero-order valence-electron chi connectivity index (χ0n) is 25.8. The molecule has 0 N–H and O–H groups in total. The van der Waals surface area contributed by atoms with E-state index in [-0.39, 0.29) is 0 Å². The van der Waals surface area contributed by atoms with Crippen LogP contribution in [0.3, 0.4) is 0 Å². The van der Waals surface area contributed by atoms with Crippen molar-refractivity contribution in [2.75, 3.05) is 0 Å². The molecule has 0 spiro atoms. The van der Waals surface area contributed by atoms with E-state index in [2.05, 4.69) is 148 Å². The van der Waals surface area contributed by atoms with Gasteiger partial charge in [-0.2, -0.15) is 0 Å². The smallest absolute Gasteiger partial charge is 0.165 e. The number of benzene rings is 8. The second-order valence-electron chi connectivity index (χ2n) is 12.6. The highest BCUT2D eigenvalue weighted by atomic mass is 15.1. The third-order valence-corrected chi connectivity index (χ3v) is 10.0. The molecule has 0 aliphatic rings. The third-order valence-electron chi connectivity index (χ3n) is 10.0. The van der Waals surface area contributed by atoms with Crippen LogP contribution in [0.1, 0.15) is 0 Å². The fourth-order valence-corrected chi connectivity index (χ4v) is 7.93. The summed E-state index contributed by atoms with van der Waals surface area (Å²) in [5.74, 6) is 0.807. The molecule has 11 aromatic rings. The van der Waals surface area contributed by atoms with Gasteiger partial charge in [0.25, 0.3) is 0 Å². The maximum Gasteiger partial charge on any atom is 0.165 e. The molecule has 11 rings (SSSR count). The Morgan fingerprint density at radius 1 is 0.396 bits per heavy atom. The van der Waals surface area contributed by atoms with Crippen LogP contribution in [0.25, 0.3) is 98.8 Å². The summed E-state index contributed by atoms with van der Waals surface area (Å²) in [6.45, 7) is 0. The Balaban J connectivity index is 1.47. The number of aromatic nitrogens is 4. The van der Waals surface area contributed by atoms with Crippen molar-refractivity contribution in [1.82, 2.24) is 18.9 Å². The predicted molar refractivity (Wildman–Crippen MR) is 200 cm³/mol. The quantitative estimate of drug-likeness (QED) is 0.195. The largest absolute Gasteiger partial charge is 0.306 e. The van der Waals surface area contributed by atoms with E-state index in [0.717, 1.165) is 44.7 Å². The van der Waals surface area contributed by atoms with Crippen LogP contribution in [0.5, 0.6) is 0 Å². The molecule has 48 heavy (non-hydrogen) atoms. The summed E-state index contributed by atoms with van der Waals surface area (Å²) >= 11 is 0. The molecule has 0 unspecified atom stereocenters. The fraction of sp³-hybridized carbons (Fsp3) is 0. The highest BCUT2D eigenvalue weighted by Gasteiger charge is 2.23. The Hall–Kier alpha value is -6.52. The van der Waals surface area contributed by atoms with Crippen LogP contribution in [0, 0.1) is 0 Å². The zero-order chi connectivity index (χ0) is 31.3. The molecule has 3 heterocycles.